The lowest BCUT2D eigenvalue weighted by molar-refractivity contribution is -0.125. The second-order valence-corrected chi connectivity index (χ2v) is 9.99. The molecule has 174 valence electrons. The molecule has 0 spiro atoms. The molecule has 2 heterocycles. The van der Waals surface area contributed by atoms with Gasteiger partial charge in [-0.2, -0.15) is 0 Å². The fourth-order valence-electron chi connectivity index (χ4n) is 5.47. The van der Waals surface area contributed by atoms with Crippen LogP contribution in [-0.2, 0) is 11.3 Å². The van der Waals surface area contributed by atoms with Crippen molar-refractivity contribution < 1.29 is 9.53 Å². The molecule has 5 rings (SSSR count). The Bertz CT molecular complexity index is 1160. The number of carbonyl (C=O) groups is 1. The Labute approximate surface area is 200 Å². The number of ether oxygens (including phenoxy) is 1. The van der Waals surface area contributed by atoms with E-state index in [4.69, 9.17) is 16.3 Å². The van der Waals surface area contributed by atoms with Crippen molar-refractivity contribution in [3.8, 4) is 11.4 Å². The number of aryl methyl sites for hydroxylation is 1. The quantitative estimate of drug-likeness (QED) is 0.565. The zero-order chi connectivity index (χ0) is 22.9. The summed E-state index contributed by atoms with van der Waals surface area (Å²) in [6.07, 6.45) is 6.31. The second-order valence-electron chi connectivity index (χ2n) is 9.58. The zero-order valence-electron chi connectivity index (χ0n) is 19.4. The van der Waals surface area contributed by atoms with E-state index in [0.29, 0.717) is 17.5 Å². The van der Waals surface area contributed by atoms with Crippen molar-refractivity contribution >= 4 is 28.4 Å². The van der Waals surface area contributed by atoms with Crippen molar-refractivity contribution in [2.24, 2.45) is 11.8 Å². The lowest BCUT2D eigenvalue weighted by Crippen LogP contribution is -2.35. The Morgan fingerprint density at radius 2 is 1.97 bits per heavy atom. The Balaban J connectivity index is 1.35. The highest BCUT2D eigenvalue weighted by Crippen LogP contribution is 2.36. The number of hydrogen-bond donors (Lipinski definition) is 1. The monoisotopic (exact) mass is 465 g/mol. The van der Waals surface area contributed by atoms with Crippen LogP contribution in [-0.4, -0.2) is 42.1 Å². The fourth-order valence-corrected chi connectivity index (χ4v) is 5.76. The van der Waals surface area contributed by atoms with Crippen LogP contribution in [0.15, 0.2) is 42.6 Å². The predicted octanol–water partition coefficient (Wildman–Crippen LogP) is 5.34. The lowest BCUT2D eigenvalue weighted by atomic mass is 9.81. The topological polar surface area (TPSA) is 46.5 Å². The number of benzene rings is 2. The smallest absolute Gasteiger partial charge is 0.222 e. The number of nitrogens with zero attached hydrogens (tertiary/aromatic N) is 2. The molecule has 1 saturated carbocycles. The normalized spacial score (nSPS) is 21.3. The number of amides is 1. The number of hydrogen-bond acceptors (Lipinski definition) is 3. The molecule has 5 nitrogen and oxygen atoms in total. The summed E-state index contributed by atoms with van der Waals surface area (Å²) in [5.74, 6) is 1.82. The molecule has 2 aliphatic rings. The molecule has 0 saturated heterocycles. The van der Waals surface area contributed by atoms with Crippen LogP contribution in [0.1, 0.15) is 36.8 Å². The number of fused-ring (bicyclic) bond motifs is 2. The van der Waals surface area contributed by atoms with Gasteiger partial charge in [-0.3, -0.25) is 9.69 Å². The zero-order valence-corrected chi connectivity index (χ0v) is 20.2. The van der Waals surface area contributed by atoms with Crippen LogP contribution in [0.3, 0.4) is 0 Å². The molecule has 33 heavy (non-hydrogen) atoms. The molecule has 0 radical (unpaired) electrons. The first-order valence-corrected chi connectivity index (χ1v) is 12.4. The summed E-state index contributed by atoms with van der Waals surface area (Å²) in [5.41, 5.74) is 4.64. The number of aromatic nitrogens is 1. The summed E-state index contributed by atoms with van der Waals surface area (Å²) in [5, 5.41) is 4.70. The van der Waals surface area contributed by atoms with Gasteiger partial charge in [0.15, 0.2) is 0 Å². The maximum atomic E-state index is 12.0. The molecule has 3 aromatic rings. The number of halogens is 1. The summed E-state index contributed by atoms with van der Waals surface area (Å²) < 4.78 is 8.31. The van der Waals surface area contributed by atoms with Crippen LogP contribution >= 0.6 is 11.6 Å². The van der Waals surface area contributed by atoms with Crippen molar-refractivity contribution in [2.75, 3.05) is 26.7 Å². The molecule has 0 bridgehead atoms. The van der Waals surface area contributed by atoms with Crippen LogP contribution in [0.25, 0.3) is 16.6 Å². The first-order chi connectivity index (χ1) is 16.0. The minimum Gasteiger partial charge on any atom is -0.490 e. The van der Waals surface area contributed by atoms with Gasteiger partial charge in [0.05, 0.1) is 10.5 Å². The molecule has 1 aliphatic heterocycles. The van der Waals surface area contributed by atoms with E-state index in [1.807, 2.05) is 6.07 Å². The predicted molar refractivity (Wildman–Crippen MR) is 133 cm³/mol. The van der Waals surface area contributed by atoms with Crippen LogP contribution in [0.2, 0.25) is 5.02 Å². The van der Waals surface area contributed by atoms with Crippen molar-refractivity contribution in [1.82, 2.24) is 14.8 Å². The third-order valence-electron chi connectivity index (χ3n) is 7.26. The molecule has 1 aromatic heterocycles. The highest BCUT2D eigenvalue weighted by molar-refractivity contribution is 6.32. The maximum Gasteiger partial charge on any atom is 0.222 e. The van der Waals surface area contributed by atoms with E-state index in [2.05, 4.69) is 58.2 Å². The highest BCUT2D eigenvalue weighted by atomic mass is 35.5. The van der Waals surface area contributed by atoms with Gasteiger partial charge in [-0.15, -0.1) is 0 Å². The van der Waals surface area contributed by atoms with Gasteiger partial charge in [-0.1, -0.05) is 23.2 Å². The standard InChI is InChI=1S/C27H32ClN3O2/c1-18-3-8-25-21(13-18)9-10-31(25)23-14-22-17-30(11-12-33-26(22)24(28)15-23)16-19-4-6-20(7-5-19)27(32)29-2/h3,8-10,13-15,19-20H,4-7,11-12,16-17H2,1-2H3,(H,29,32)/t19-,20+. The molecule has 6 heteroatoms. The van der Waals surface area contributed by atoms with Crippen LogP contribution in [0.5, 0.6) is 5.75 Å². The van der Waals surface area contributed by atoms with Crippen LogP contribution < -0.4 is 10.1 Å². The first kappa shape index (κ1) is 22.3. The largest absolute Gasteiger partial charge is 0.490 e. The minimum atomic E-state index is 0.181. The van der Waals surface area contributed by atoms with Crippen LogP contribution in [0.4, 0.5) is 0 Å². The van der Waals surface area contributed by atoms with E-state index < -0.39 is 0 Å². The molecule has 1 amide bonds. The summed E-state index contributed by atoms with van der Waals surface area (Å²) in [7, 11) is 1.74. The second kappa shape index (κ2) is 9.40. The Morgan fingerprint density at radius 1 is 1.15 bits per heavy atom. The molecule has 2 aromatic carbocycles. The van der Waals surface area contributed by atoms with E-state index in [0.717, 1.165) is 62.3 Å². The van der Waals surface area contributed by atoms with Gasteiger partial charge in [0.2, 0.25) is 5.91 Å². The summed E-state index contributed by atoms with van der Waals surface area (Å²) >= 11 is 6.72. The van der Waals surface area contributed by atoms with Gasteiger partial charge < -0.3 is 14.6 Å². The summed E-state index contributed by atoms with van der Waals surface area (Å²) in [6.45, 7) is 5.52. The molecular formula is C27H32ClN3O2. The minimum absolute atomic E-state index is 0.181. The number of rotatable bonds is 4. The fraction of sp³-hybridized carbons (Fsp3) is 0.444. The van der Waals surface area contributed by atoms with Gasteiger partial charge in [0, 0.05) is 55.4 Å². The third-order valence-corrected chi connectivity index (χ3v) is 7.54. The van der Waals surface area contributed by atoms with Gasteiger partial charge in [0.25, 0.3) is 0 Å². The Hall–Kier alpha value is -2.50. The number of nitrogens with one attached hydrogen (secondary N) is 1. The first-order valence-electron chi connectivity index (χ1n) is 12.0. The molecule has 1 N–H and O–H groups in total. The molecular weight excluding hydrogens is 434 g/mol. The van der Waals surface area contributed by atoms with Gasteiger partial charge in [-0.05, 0) is 68.9 Å². The van der Waals surface area contributed by atoms with Crippen molar-refractivity contribution in [3.05, 3.63) is 58.7 Å². The molecule has 1 aliphatic carbocycles. The average Bonchev–Trinajstić information content (AvgIpc) is 3.12. The summed E-state index contributed by atoms with van der Waals surface area (Å²) in [4.78, 5) is 14.4. The Morgan fingerprint density at radius 3 is 2.76 bits per heavy atom. The Kier molecular flexibility index (Phi) is 6.35. The van der Waals surface area contributed by atoms with Crippen molar-refractivity contribution in [3.63, 3.8) is 0 Å². The average molecular weight is 466 g/mol. The van der Waals surface area contributed by atoms with Gasteiger partial charge in [0.1, 0.15) is 12.4 Å². The van der Waals surface area contributed by atoms with Gasteiger partial charge >= 0.3 is 0 Å². The number of carbonyl (C=O) groups excluding carboxylic acids is 1. The van der Waals surface area contributed by atoms with Gasteiger partial charge in [-0.25, -0.2) is 0 Å². The van der Waals surface area contributed by atoms with Crippen LogP contribution in [0, 0.1) is 18.8 Å². The van der Waals surface area contributed by atoms with E-state index in [9.17, 15) is 4.79 Å². The molecule has 0 unspecified atom stereocenters. The summed E-state index contributed by atoms with van der Waals surface area (Å²) in [6, 6.07) is 12.9. The van der Waals surface area contributed by atoms with E-state index in [-0.39, 0.29) is 11.8 Å². The van der Waals surface area contributed by atoms with E-state index in [1.165, 1.54) is 16.5 Å². The lowest BCUT2D eigenvalue weighted by Gasteiger charge is -2.31. The highest BCUT2D eigenvalue weighted by Gasteiger charge is 2.28. The van der Waals surface area contributed by atoms with E-state index in [1.54, 1.807) is 7.05 Å². The SMILES string of the molecule is CNC(=O)[C@H]1CC[C@@H](CN2CCOc3c(Cl)cc(-n4ccc5cc(C)ccc54)cc3C2)CC1. The molecule has 0 atom stereocenters. The van der Waals surface area contributed by atoms with E-state index >= 15 is 0 Å². The van der Waals surface area contributed by atoms with Crippen molar-refractivity contribution in [1.29, 1.82) is 0 Å². The third kappa shape index (κ3) is 4.62. The maximum absolute atomic E-state index is 12.0. The van der Waals surface area contributed by atoms with Crippen molar-refractivity contribution in [2.45, 2.75) is 39.2 Å². The molecule has 1 fully saturated rings.